The number of methoxy groups -OCH3 is 1. The minimum absolute atomic E-state index is 0.0394. The fourth-order valence-electron chi connectivity index (χ4n) is 3.66. The number of rotatable bonds is 8. The van der Waals surface area contributed by atoms with Crippen LogP contribution in [0.5, 0.6) is 5.75 Å². The average molecular weight is 450 g/mol. The number of sulfonamides is 1. The standard InChI is InChI=1S/C21H27N3O6S/c1-4-30-21(26)18-12-16(14-23(18)2)31(27,28)24-11-7-9-17(24)20(25)22-13-15-8-5-6-10-19(15)29-3/h5-6,8,10,12,14,17H,4,7,9,11,13H2,1-3H3,(H,22,25). The number of nitrogens with zero attached hydrogens (tertiary/aromatic N) is 2. The van der Waals surface area contributed by atoms with Crippen LogP contribution in [-0.2, 0) is 33.1 Å². The Hall–Kier alpha value is -2.85. The number of nitrogens with one attached hydrogen (secondary N) is 1. The van der Waals surface area contributed by atoms with Gasteiger partial charge in [-0.3, -0.25) is 4.79 Å². The second-order valence-corrected chi connectivity index (χ2v) is 9.09. The molecule has 10 heteroatoms. The minimum atomic E-state index is -3.96. The molecular formula is C21H27N3O6S. The molecule has 0 aliphatic carbocycles. The highest BCUT2D eigenvalue weighted by Crippen LogP contribution is 2.28. The quantitative estimate of drug-likeness (QED) is 0.615. The van der Waals surface area contributed by atoms with Crippen LogP contribution in [-0.4, -0.2) is 55.5 Å². The van der Waals surface area contributed by atoms with Gasteiger partial charge in [-0.15, -0.1) is 0 Å². The Morgan fingerprint density at radius 1 is 1.26 bits per heavy atom. The molecule has 1 atom stereocenters. The third kappa shape index (κ3) is 4.75. The fraction of sp³-hybridized carbons (Fsp3) is 0.429. The summed E-state index contributed by atoms with van der Waals surface area (Å²) in [6.45, 7) is 2.33. The molecule has 31 heavy (non-hydrogen) atoms. The molecule has 1 aromatic carbocycles. The number of ether oxygens (including phenoxy) is 2. The van der Waals surface area contributed by atoms with Crippen LogP contribution in [0.1, 0.15) is 35.8 Å². The van der Waals surface area contributed by atoms with Gasteiger partial charge in [-0.25, -0.2) is 13.2 Å². The lowest BCUT2D eigenvalue weighted by Gasteiger charge is -2.23. The first kappa shape index (κ1) is 22.8. The minimum Gasteiger partial charge on any atom is -0.496 e. The molecular weight excluding hydrogens is 422 g/mol. The number of para-hydroxylation sites is 1. The van der Waals surface area contributed by atoms with Gasteiger partial charge < -0.3 is 19.4 Å². The Balaban J connectivity index is 1.76. The molecule has 3 rings (SSSR count). The van der Waals surface area contributed by atoms with Crippen molar-refractivity contribution in [3.8, 4) is 5.75 Å². The predicted molar refractivity (Wildman–Crippen MR) is 113 cm³/mol. The molecule has 2 heterocycles. The van der Waals surface area contributed by atoms with E-state index in [1.54, 1.807) is 27.1 Å². The van der Waals surface area contributed by atoms with E-state index in [1.165, 1.54) is 21.1 Å². The molecule has 1 unspecified atom stereocenters. The molecule has 1 saturated heterocycles. The zero-order chi connectivity index (χ0) is 22.6. The van der Waals surface area contributed by atoms with E-state index >= 15 is 0 Å². The van der Waals surface area contributed by atoms with Gasteiger partial charge in [0, 0.05) is 31.9 Å². The predicted octanol–water partition coefficient (Wildman–Crippen LogP) is 1.68. The summed E-state index contributed by atoms with van der Waals surface area (Å²) in [5.74, 6) is -0.318. The molecule has 0 saturated carbocycles. The molecule has 1 aromatic heterocycles. The van der Waals surface area contributed by atoms with Crippen LogP contribution in [0.15, 0.2) is 41.4 Å². The SMILES string of the molecule is CCOC(=O)c1cc(S(=O)(=O)N2CCCC2C(=O)NCc2ccccc2OC)cn1C. The second-order valence-electron chi connectivity index (χ2n) is 7.20. The van der Waals surface area contributed by atoms with Crippen LogP contribution < -0.4 is 10.1 Å². The normalized spacial score (nSPS) is 16.8. The monoisotopic (exact) mass is 449 g/mol. The maximum Gasteiger partial charge on any atom is 0.354 e. The number of hydrogen-bond acceptors (Lipinski definition) is 6. The zero-order valence-electron chi connectivity index (χ0n) is 17.8. The van der Waals surface area contributed by atoms with E-state index < -0.39 is 22.0 Å². The van der Waals surface area contributed by atoms with Crippen molar-refractivity contribution in [2.24, 2.45) is 7.05 Å². The first-order valence-electron chi connectivity index (χ1n) is 10.0. The van der Waals surface area contributed by atoms with Gasteiger partial charge in [0.2, 0.25) is 15.9 Å². The molecule has 1 aliphatic heterocycles. The summed E-state index contributed by atoms with van der Waals surface area (Å²) in [4.78, 5) is 24.8. The van der Waals surface area contributed by atoms with E-state index in [4.69, 9.17) is 9.47 Å². The summed E-state index contributed by atoms with van der Waals surface area (Å²) in [7, 11) is -0.832. The third-order valence-electron chi connectivity index (χ3n) is 5.22. The summed E-state index contributed by atoms with van der Waals surface area (Å²) in [6.07, 6.45) is 2.36. The Labute approximate surface area is 182 Å². The Bertz CT molecular complexity index is 1060. The molecule has 0 bridgehead atoms. The van der Waals surface area contributed by atoms with E-state index in [2.05, 4.69) is 5.32 Å². The van der Waals surface area contributed by atoms with Crippen LogP contribution in [0.2, 0.25) is 0 Å². The lowest BCUT2D eigenvalue weighted by Crippen LogP contribution is -2.45. The highest BCUT2D eigenvalue weighted by molar-refractivity contribution is 7.89. The van der Waals surface area contributed by atoms with Crippen LogP contribution in [0.25, 0.3) is 0 Å². The van der Waals surface area contributed by atoms with Gasteiger partial charge in [0.25, 0.3) is 0 Å². The number of benzene rings is 1. The van der Waals surface area contributed by atoms with Crippen LogP contribution >= 0.6 is 0 Å². The van der Waals surface area contributed by atoms with Crippen molar-refractivity contribution in [3.05, 3.63) is 47.8 Å². The van der Waals surface area contributed by atoms with E-state index in [-0.39, 0.29) is 36.2 Å². The number of aromatic nitrogens is 1. The summed E-state index contributed by atoms with van der Waals surface area (Å²) in [5, 5.41) is 2.82. The Kier molecular flexibility index (Phi) is 7.01. The second kappa shape index (κ2) is 9.52. The maximum atomic E-state index is 13.2. The van der Waals surface area contributed by atoms with Gasteiger partial charge in [0.15, 0.2) is 0 Å². The number of amides is 1. The van der Waals surface area contributed by atoms with Crippen molar-refractivity contribution in [2.75, 3.05) is 20.3 Å². The van der Waals surface area contributed by atoms with Gasteiger partial charge in [-0.2, -0.15) is 4.31 Å². The van der Waals surface area contributed by atoms with Gasteiger partial charge in [-0.05, 0) is 31.9 Å². The molecule has 1 amide bonds. The van der Waals surface area contributed by atoms with E-state index in [0.717, 1.165) is 5.56 Å². The largest absolute Gasteiger partial charge is 0.496 e. The smallest absolute Gasteiger partial charge is 0.354 e. The van der Waals surface area contributed by atoms with Crippen molar-refractivity contribution in [3.63, 3.8) is 0 Å². The Morgan fingerprint density at radius 2 is 2.00 bits per heavy atom. The van der Waals surface area contributed by atoms with Gasteiger partial charge in [0.05, 0.1) is 13.7 Å². The molecule has 2 aromatic rings. The van der Waals surface area contributed by atoms with Crippen LogP contribution in [0.4, 0.5) is 0 Å². The molecule has 9 nitrogen and oxygen atoms in total. The molecule has 0 radical (unpaired) electrons. The number of esters is 1. The van der Waals surface area contributed by atoms with Crippen molar-refractivity contribution in [2.45, 2.75) is 37.2 Å². The number of hydrogen-bond donors (Lipinski definition) is 1. The first-order chi connectivity index (χ1) is 14.8. The van der Waals surface area contributed by atoms with Gasteiger partial charge >= 0.3 is 5.97 Å². The topological polar surface area (TPSA) is 107 Å². The summed E-state index contributed by atoms with van der Waals surface area (Å²) >= 11 is 0. The highest BCUT2D eigenvalue weighted by Gasteiger charge is 2.40. The van der Waals surface area contributed by atoms with Crippen molar-refractivity contribution in [1.29, 1.82) is 0 Å². The molecule has 1 fully saturated rings. The third-order valence-corrected chi connectivity index (χ3v) is 7.10. The molecule has 168 valence electrons. The Morgan fingerprint density at radius 3 is 2.71 bits per heavy atom. The molecule has 0 spiro atoms. The lowest BCUT2D eigenvalue weighted by molar-refractivity contribution is -0.124. The van der Waals surface area contributed by atoms with E-state index in [9.17, 15) is 18.0 Å². The summed E-state index contributed by atoms with van der Waals surface area (Å²) in [6, 6.07) is 7.78. The van der Waals surface area contributed by atoms with E-state index in [1.807, 2.05) is 18.2 Å². The van der Waals surface area contributed by atoms with Gasteiger partial charge in [0.1, 0.15) is 22.4 Å². The van der Waals surface area contributed by atoms with Gasteiger partial charge in [-0.1, -0.05) is 18.2 Å². The number of carbonyl (C=O) groups is 2. The summed E-state index contributed by atoms with van der Waals surface area (Å²) < 4.78 is 39.3. The van der Waals surface area contributed by atoms with E-state index in [0.29, 0.717) is 18.6 Å². The number of aryl methyl sites for hydroxylation is 1. The zero-order valence-corrected chi connectivity index (χ0v) is 18.6. The average Bonchev–Trinajstić information content (AvgIpc) is 3.40. The maximum absolute atomic E-state index is 13.2. The van der Waals surface area contributed by atoms with Crippen LogP contribution in [0, 0.1) is 0 Å². The fourth-order valence-corrected chi connectivity index (χ4v) is 5.39. The summed E-state index contributed by atoms with van der Waals surface area (Å²) in [5.41, 5.74) is 0.935. The highest BCUT2D eigenvalue weighted by atomic mass is 32.2. The molecule has 1 aliphatic rings. The number of carbonyl (C=O) groups excluding carboxylic acids is 2. The lowest BCUT2D eigenvalue weighted by atomic mass is 10.2. The van der Waals surface area contributed by atoms with Crippen molar-refractivity contribution < 1.29 is 27.5 Å². The van der Waals surface area contributed by atoms with Crippen molar-refractivity contribution in [1.82, 2.24) is 14.2 Å². The van der Waals surface area contributed by atoms with Crippen molar-refractivity contribution >= 4 is 21.9 Å². The molecule has 1 N–H and O–H groups in total. The first-order valence-corrected chi connectivity index (χ1v) is 11.5. The van der Waals surface area contributed by atoms with Crippen LogP contribution in [0.3, 0.4) is 0 Å².